The lowest BCUT2D eigenvalue weighted by atomic mass is 10.0. The van der Waals surface area contributed by atoms with E-state index < -0.39 is 23.4 Å². The fourth-order valence-corrected chi connectivity index (χ4v) is 2.85. The van der Waals surface area contributed by atoms with E-state index in [-0.39, 0.29) is 0 Å². The summed E-state index contributed by atoms with van der Waals surface area (Å²) in [5, 5.41) is 2.00. The maximum atomic E-state index is 12.2. The number of carbonyl (C=O) groups excluding carboxylic acids is 2. The summed E-state index contributed by atoms with van der Waals surface area (Å²) in [7, 11) is 0. The highest BCUT2D eigenvalue weighted by Gasteiger charge is 2.22. The molecular weight excluding hydrogens is 408 g/mol. The summed E-state index contributed by atoms with van der Waals surface area (Å²) in [6.45, 7) is 10.7. The molecule has 0 unspecified atom stereocenters. The molecule has 0 saturated heterocycles. The summed E-state index contributed by atoms with van der Waals surface area (Å²) in [6, 6.07) is 14.8. The van der Waals surface area contributed by atoms with Gasteiger partial charge in [0, 0.05) is 0 Å². The standard InChI is InChI=1S/C24H34N4O4/c1-23(2,3)31-21(29)27(25)19-11-7-9-17(15-19)13-14-18-10-8-12-20(16-18)28(26)22(30)32-24(4,5)6/h7-12,15-16H,13-14,25-26H2,1-6H3. The molecule has 0 fully saturated rings. The fraction of sp³-hybridized carbons (Fsp3) is 0.417. The van der Waals surface area contributed by atoms with E-state index in [0.717, 1.165) is 21.1 Å². The summed E-state index contributed by atoms with van der Waals surface area (Å²) in [5.74, 6) is 11.9. The van der Waals surface area contributed by atoms with Crippen molar-refractivity contribution in [1.82, 2.24) is 0 Å². The van der Waals surface area contributed by atoms with Gasteiger partial charge < -0.3 is 9.47 Å². The molecule has 2 aromatic carbocycles. The van der Waals surface area contributed by atoms with Gasteiger partial charge in [-0.2, -0.15) is 0 Å². The molecule has 32 heavy (non-hydrogen) atoms. The predicted octanol–water partition coefficient (Wildman–Crippen LogP) is 4.70. The number of hydrazine groups is 2. The van der Waals surface area contributed by atoms with Crippen molar-refractivity contribution in [3.8, 4) is 0 Å². The van der Waals surface area contributed by atoms with Gasteiger partial charge in [0.15, 0.2) is 0 Å². The highest BCUT2D eigenvalue weighted by atomic mass is 16.6. The van der Waals surface area contributed by atoms with Crippen molar-refractivity contribution in [2.75, 3.05) is 10.0 Å². The van der Waals surface area contributed by atoms with E-state index in [4.69, 9.17) is 21.2 Å². The van der Waals surface area contributed by atoms with Crippen LogP contribution < -0.4 is 21.7 Å². The van der Waals surface area contributed by atoms with Crippen LogP contribution in [0.4, 0.5) is 21.0 Å². The van der Waals surface area contributed by atoms with Crippen LogP contribution in [0, 0.1) is 0 Å². The number of hydrogen-bond acceptors (Lipinski definition) is 6. The molecule has 0 saturated carbocycles. The first-order valence-corrected chi connectivity index (χ1v) is 10.5. The van der Waals surface area contributed by atoms with Crippen molar-refractivity contribution in [3.63, 3.8) is 0 Å². The second-order valence-corrected chi connectivity index (χ2v) is 9.54. The fourth-order valence-electron chi connectivity index (χ4n) is 2.85. The topological polar surface area (TPSA) is 111 Å². The van der Waals surface area contributed by atoms with Gasteiger partial charge in [-0.1, -0.05) is 24.3 Å². The van der Waals surface area contributed by atoms with Crippen LogP contribution in [0.5, 0.6) is 0 Å². The SMILES string of the molecule is CC(C)(C)OC(=O)N(N)c1cccc(CCc2cccc(N(N)C(=O)OC(C)(C)C)c2)c1. The summed E-state index contributed by atoms with van der Waals surface area (Å²) >= 11 is 0. The van der Waals surface area contributed by atoms with Gasteiger partial charge in [0.05, 0.1) is 11.4 Å². The zero-order chi connectivity index (χ0) is 24.1. The maximum absolute atomic E-state index is 12.2. The number of hydrogen-bond donors (Lipinski definition) is 2. The first-order chi connectivity index (χ1) is 14.7. The maximum Gasteiger partial charge on any atom is 0.429 e. The summed E-state index contributed by atoms with van der Waals surface area (Å²) in [4.78, 5) is 24.4. The molecule has 2 amide bonds. The van der Waals surface area contributed by atoms with Crippen LogP contribution >= 0.6 is 0 Å². The molecule has 4 N–H and O–H groups in total. The molecule has 0 aliphatic carbocycles. The number of rotatable bonds is 5. The first-order valence-electron chi connectivity index (χ1n) is 10.5. The Hall–Kier alpha value is -3.10. The smallest absolute Gasteiger partial charge is 0.429 e. The van der Waals surface area contributed by atoms with Gasteiger partial charge >= 0.3 is 12.2 Å². The van der Waals surface area contributed by atoms with Crippen molar-refractivity contribution in [2.45, 2.75) is 65.6 Å². The lowest BCUT2D eigenvalue weighted by molar-refractivity contribution is 0.0569. The van der Waals surface area contributed by atoms with E-state index in [2.05, 4.69) is 0 Å². The third kappa shape index (κ3) is 7.86. The van der Waals surface area contributed by atoms with Crippen LogP contribution in [0.25, 0.3) is 0 Å². The Bertz CT molecular complexity index is 870. The molecule has 0 heterocycles. The van der Waals surface area contributed by atoms with Crippen LogP contribution in [0.15, 0.2) is 48.5 Å². The van der Waals surface area contributed by atoms with Gasteiger partial charge in [-0.3, -0.25) is 0 Å². The van der Waals surface area contributed by atoms with Gasteiger partial charge in [0.2, 0.25) is 0 Å². The largest absolute Gasteiger partial charge is 0.442 e. The van der Waals surface area contributed by atoms with Crippen molar-refractivity contribution in [3.05, 3.63) is 59.7 Å². The molecule has 0 aliphatic heterocycles. The molecular formula is C24H34N4O4. The number of amides is 2. The molecule has 2 rings (SSSR count). The van der Waals surface area contributed by atoms with Gasteiger partial charge in [-0.05, 0) is 89.8 Å². The second kappa shape index (κ2) is 10.0. The highest BCUT2D eigenvalue weighted by molar-refractivity contribution is 5.87. The highest BCUT2D eigenvalue weighted by Crippen LogP contribution is 2.21. The number of nitrogens with zero attached hydrogens (tertiary/aromatic N) is 2. The van der Waals surface area contributed by atoms with E-state index in [1.165, 1.54) is 0 Å². The second-order valence-electron chi connectivity index (χ2n) is 9.54. The number of benzene rings is 2. The van der Waals surface area contributed by atoms with Crippen molar-refractivity contribution >= 4 is 23.6 Å². The van der Waals surface area contributed by atoms with E-state index in [1.54, 1.807) is 53.7 Å². The van der Waals surface area contributed by atoms with Crippen LogP contribution in [-0.4, -0.2) is 23.4 Å². The van der Waals surface area contributed by atoms with E-state index >= 15 is 0 Å². The van der Waals surface area contributed by atoms with Crippen LogP contribution in [0.1, 0.15) is 52.7 Å². The van der Waals surface area contributed by atoms with Crippen molar-refractivity contribution in [1.29, 1.82) is 0 Å². The van der Waals surface area contributed by atoms with Crippen LogP contribution in [0.3, 0.4) is 0 Å². The molecule has 0 atom stereocenters. The lowest BCUT2D eigenvalue weighted by Crippen LogP contribution is -2.41. The summed E-state index contributed by atoms with van der Waals surface area (Å²) in [5.41, 5.74) is 1.83. The van der Waals surface area contributed by atoms with Crippen LogP contribution in [0.2, 0.25) is 0 Å². The van der Waals surface area contributed by atoms with Gasteiger partial charge in [0.1, 0.15) is 11.2 Å². The Morgan fingerprint density at radius 2 is 1.06 bits per heavy atom. The Labute approximate surface area is 190 Å². The molecule has 0 spiro atoms. The average Bonchev–Trinajstić information content (AvgIpc) is 2.69. The molecule has 0 aliphatic rings. The predicted molar refractivity (Wildman–Crippen MR) is 126 cm³/mol. The minimum absolute atomic E-state index is 0.545. The van der Waals surface area contributed by atoms with E-state index in [1.807, 2.05) is 36.4 Å². The Balaban J connectivity index is 2.05. The van der Waals surface area contributed by atoms with Crippen molar-refractivity contribution < 1.29 is 19.1 Å². The monoisotopic (exact) mass is 442 g/mol. The third-order valence-corrected chi connectivity index (χ3v) is 4.26. The molecule has 8 heteroatoms. The van der Waals surface area contributed by atoms with Gasteiger partial charge in [-0.15, -0.1) is 0 Å². The summed E-state index contributed by atoms with van der Waals surface area (Å²) < 4.78 is 10.6. The molecule has 8 nitrogen and oxygen atoms in total. The quantitative estimate of drug-likeness (QED) is 0.394. The average molecular weight is 443 g/mol. The van der Waals surface area contributed by atoms with Gasteiger partial charge in [0.25, 0.3) is 0 Å². The zero-order valence-corrected chi connectivity index (χ0v) is 19.7. The Morgan fingerprint density at radius 3 is 1.38 bits per heavy atom. The number of nitrogens with two attached hydrogens (primary N) is 2. The normalized spacial score (nSPS) is 11.6. The minimum atomic E-state index is -0.631. The number of ether oxygens (including phenoxy) is 2. The summed E-state index contributed by atoms with van der Waals surface area (Å²) in [6.07, 6.45) is 0.174. The number of aryl methyl sites for hydroxylation is 2. The third-order valence-electron chi connectivity index (χ3n) is 4.26. The zero-order valence-electron chi connectivity index (χ0n) is 19.7. The molecule has 174 valence electrons. The lowest BCUT2D eigenvalue weighted by Gasteiger charge is -2.24. The molecule has 0 aromatic heterocycles. The van der Waals surface area contributed by atoms with Crippen molar-refractivity contribution in [2.24, 2.45) is 11.7 Å². The first kappa shape index (κ1) is 25.2. The minimum Gasteiger partial charge on any atom is -0.442 e. The van der Waals surface area contributed by atoms with Crippen LogP contribution in [-0.2, 0) is 22.3 Å². The number of carbonyl (C=O) groups is 2. The Kier molecular flexibility index (Phi) is 7.87. The van der Waals surface area contributed by atoms with Gasteiger partial charge in [-0.25, -0.2) is 31.3 Å². The molecule has 0 bridgehead atoms. The molecule has 2 aromatic rings. The molecule has 0 radical (unpaired) electrons. The van der Waals surface area contributed by atoms with E-state index in [0.29, 0.717) is 24.2 Å². The van der Waals surface area contributed by atoms with E-state index in [9.17, 15) is 9.59 Å². The Morgan fingerprint density at radius 1 is 0.719 bits per heavy atom. The number of anilines is 2.